The molecule has 3 heterocycles. The number of hydrogen-bond acceptors (Lipinski definition) is 3. The molecule has 1 aromatic carbocycles. The minimum absolute atomic E-state index is 0.910. The van der Waals surface area contributed by atoms with Crippen molar-refractivity contribution in [2.75, 3.05) is 0 Å². The van der Waals surface area contributed by atoms with Crippen molar-refractivity contribution in [2.45, 2.75) is 0 Å². The van der Waals surface area contributed by atoms with Crippen molar-refractivity contribution in [3.63, 3.8) is 0 Å². The van der Waals surface area contributed by atoms with Crippen LogP contribution in [0.2, 0.25) is 0 Å². The van der Waals surface area contributed by atoms with Gasteiger partial charge in [0.25, 0.3) is 0 Å². The van der Waals surface area contributed by atoms with Gasteiger partial charge in [-0.3, -0.25) is 4.98 Å². The first-order chi connectivity index (χ1) is 9.92. The number of fused-ring (bicyclic) bond motifs is 1. The first-order valence-electron chi connectivity index (χ1n) is 6.36. The SMILES string of the molecule is c1cncc(-c2coc3cc(-c4ccsc4)ccc23)c1. The third-order valence-corrected chi connectivity index (χ3v) is 4.09. The van der Waals surface area contributed by atoms with Gasteiger partial charge >= 0.3 is 0 Å². The molecule has 0 N–H and O–H groups in total. The van der Waals surface area contributed by atoms with Crippen LogP contribution in [0.4, 0.5) is 0 Å². The average molecular weight is 277 g/mol. The summed E-state index contributed by atoms with van der Waals surface area (Å²) in [7, 11) is 0. The second-order valence-electron chi connectivity index (χ2n) is 4.61. The van der Waals surface area contributed by atoms with E-state index in [2.05, 4.69) is 40.0 Å². The lowest BCUT2D eigenvalue weighted by Gasteiger charge is -1.99. The quantitative estimate of drug-likeness (QED) is 0.502. The highest BCUT2D eigenvalue weighted by Gasteiger charge is 2.09. The highest BCUT2D eigenvalue weighted by molar-refractivity contribution is 7.08. The van der Waals surface area contributed by atoms with Crippen LogP contribution in [0.25, 0.3) is 33.2 Å². The Morgan fingerprint density at radius 3 is 2.80 bits per heavy atom. The van der Waals surface area contributed by atoms with E-state index in [4.69, 9.17) is 4.42 Å². The van der Waals surface area contributed by atoms with Gasteiger partial charge in [-0.05, 0) is 46.2 Å². The Hall–Kier alpha value is -2.39. The highest BCUT2D eigenvalue weighted by Crippen LogP contribution is 2.33. The lowest BCUT2D eigenvalue weighted by Crippen LogP contribution is -1.78. The molecule has 20 heavy (non-hydrogen) atoms. The van der Waals surface area contributed by atoms with Gasteiger partial charge in [-0.2, -0.15) is 11.3 Å². The monoisotopic (exact) mass is 277 g/mol. The lowest BCUT2D eigenvalue weighted by molar-refractivity contribution is 0.617. The van der Waals surface area contributed by atoms with Crippen molar-refractivity contribution in [2.24, 2.45) is 0 Å². The number of furan rings is 1. The molecule has 0 spiro atoms. The summed E-state index contributed by atoms with van der Waals surface area (Å²) in [5.74, 6) is 0. The predicted molar refractivity (Wildman–Crippen MR) is 82.8 cm³/mol. The van der Waals surface area contributed by atoms with Crippen LogP contribution in [0.3, 0.4) is 0 Å². The Bertz CT molecular complexity index is 847. The number of pyridine rings is 1. The molecule has 3 heteroatoms. The minimum Gasteiger partial charge on any atom is -0.464 e. The van der Waals surface area contributed by atoms with Gasteiger partial charge in [-0.15, -0.1) is 0 Å². The number of hydrogen-bond donors (Lipinski definition) is 0. The number of rotatable bonds is 2. The summed E-state index contributed by atoms with van der Waals surface area (Å²) >= 11 is 1.70. The molecule has 4 rings (SSSR count). The summed E-state index contributed by atoms with van der Waals surface area (Å²) in [6.07, 6.45) is 5.44. The first-order valence-corrected chi connectivity index (χ1v) is 7.30. The minimum atomic E-state index is 0.910. The lowest BCUT2D eigenvalue weighted by atomic mass is 10.0. The summed E-state index contributed by atoms with van der Waals surface area (Å²) in [5.41, 5.74) is 5.49. The molecule has 0 saturated carbocycles. The molecule has 0 saturated heterocycles. The van der Waals surface area contributed by atoms with Crippen molar-refractivity contribution in [1.82, 2.24) is 4.98 Å². The summed E-state index contributed by atoms with van der Waals surface area (Å²) in [4.78, 5) is 4.17. The molecule has 0 fully saturated rings. The number of thiophene rings is 1. The van der Waals surface area contributed by atoms with Crippen LogP contribution in [0.1, 0.15) is 0 Å². The molecule has 0 radical (unpaired) electrons. The Labute approximate surface area is 120 Å². The van der Waals surface area contributed by atoms with E-state index in [0.717, 1.165) is 22.1 Å². The van der Waals surface area contributed by atoms with Gasteiger partial charge in [-0.1, -0.05) is 12.1 Å². The molecule has 96 valence electrons. The Morgan fingerprint density at radius 2 is 2.00 bits per heavy atom. The molecular weight excluding hydrogens is 266 g/mol. The third-order valence-electron chi connectivity index (χ3n) is 3.40. The molecule has 2 nitrogen and oxygen atoms in total. The van der Waals surface area contributed by atoms with Gasteiger partial charge in [0, 0.05) is 28.9 Å². The first kappa shape index (κ1) is 11.4. The van der Waals surface area contributed by atoms with E-state index in [-0.39, 0.29) is 0 Å². The highest BCUT2D eigenvalue weighted by atomic mass is 32.1. The van der Waals surface area contributed by atoms with Gasteiger partial charge in [-0.25, -0.2) is 0 Å². The molecular formula is C17H11NOS. The van der Waals surface area contributed by atoms with Crippen molar-refractivity contribution in [1.29, 1.82) is 0 Å². The second kappa shape index (κ2) is 4.62. The topological polar surface area (TPSA) is 26.0 Å². The van der Waals surface area contributed by atoms with Crippen molar-refractivity contribution >= 4 is 22.3 Å². The molecule has 0 atom stereocenters. The van der Waals surface area contributed by atoms with E-state index >= 15 is 0 Å². The van der Waals surface area contributed by atoms with Gasteiger partial charge in [0.2, 0.25) is 0 Å². The van der Waals surface area contributed by atoms with E-state index in [0.29, 0.717) is 0 Å². The van der Waals surface area contributed by atoms with E-state index in [1.165, 1.54) is 11.1 Å². The molecule has 4 aromatic rings. The fraction of sp³-hybridized carbons (Fsp3) is 0. The van der Waals surface area contributed by atoms with Crippen LogP contribution in [-0.2, 0) is 0 Å². The molecule has 3 aromatic heterocycles. The largest absolute Gasteiger partial charge is 0.464 e. The molecule has 0 unspecified atom stereocenters. The van der Waals surface area contributed by atoms with Crippen molar-refractivity contribution in [3.05, 3.63) is 65.8 Å². The molecule has 0 aliphatic rings. The number of benzene rings is 1. The number of aromatic nitrogens is 1. The molecule has 0 bridgehead atoms. The van der Waals surface area contributed by atoms with Crippen LogP contribution in [0.15, 0.2) is 70.2 Å². The molecule has 0 amide bonds. The molecule has 0 aliphatic heterocycles. The van der Waals surface area contributed by atoms with E-state index in [1.54, 1.807) is 23.8 Å². The van der Waals surface area contributed by atoms with Crippen molar-refractivity contribution in [3.8, 4) is 22.3 Å². The van der Waals surface area contributed by atoms with E-state index in [9.17, 15) is 0 Å². The van der Waals surface area contributed by atoms with Crippen LogP contribution in [0, 0.1) is 0 Å². The van der Waals surface area contributed by atoms with Crippen LogP contribution < -0.4 is 0 Å². The van der Waals surface area contributed by atoms with Crippen LogP contribution in [0.5, 0.6) is 0 Å². The zero-order valence-electron chi connectivity index (χ0n) is 10.6. The fourth-order valence-electron chi connectivity index (χ4n) is 2.38. The van der Waals surface area contributed by atoms with Crippen molar-refractivity contribution < 1.29 is 4.42 Å². The van der Waals surface area contributed by atoms with Crippen LogP contribution >= 0.6 is 11.3 Å². The van der Waals surface area contributed by atoms with Gasteiger partial charge < -0.3 is 4.42 Å². The fourth-order valence-corrected chi connectivity index (χ4v) is 3.05. The summed E-state index contributed by atoms with van der Waals surface area (Å²) in [5, 5.41) is 5.35. The zero-order valence-corrected chi connectivity index (χ0v) is 11.4. The Morgan fingerprint density at radius 1 is 1.00 bits per heavy atom. The molecule has 0 aliphatic carbocycles. The van der Waals surface area contributed by atoms with E-state index in [1.807, 2.05) is 18.3 Å². The normalized spacial score (nSPS) is 11.0. The predicted octanol–water partition coefficient (Wildman–Crippen LogP) is 5.22. The third kappa shape index (κ3) is 1.84. The zero-order chi connectivity index (χ0) is 13.4. The van der Waals surface area contributed by atoms with Gasteiger partial charge in [0.15, 0.2) is 0 Å². The maximum Gasteiger partial charge on any atom is 0.135 e. The summed E-state index contributed by atoms with van der Waals surface area (Å²) in [6, 6.07) is 12.5. The van der Waals surface area contributed by atoms with Gasteiger partial charge in [0.05, 0.1) is 6.26 Å². The maximum absolute atomic E-state index is 5.72. The smallest absolute Gasteiger partial charge is 0.135 e. The van der Waals surface area contributed by atoms with Gasteiger partial charge in [0.1, 0.15) is 5.58 Å². The second-order valence-corrected chi connectivity index (χ2v) is 5.39. The number of nitrogens with zero attached hydrogens (tertiary/aromatic N) is 1. The Balaban J connectivity index is 1.87. The van der Waals surface area contributed by atoms with E-state index < -0.39 is 0 Å². The summed E-state index contributed by atoms with van der Waals surface area (Å²) in [6.45, 7) is 0. The maximum atomic E-state index is 5.72. The van der Waals surface area contributed by atoms with Crippen LogP contribution in [-0.4, -0.2) is 4.98 Å². The standard InChI is InChI=1S/C17H11NOS/c1-2-13(9-18-6-1)16-10-19-17-8-12(3-4-15(16)17)14-5-7-20-11-14/h1-11H. The Kier molecular flexibility index (Phi) is 2.64. The summed E-state index contributed by atoms with van der Waals surface area (Å²) < 4.78 is 5.72. The average Bonchev–Trinajstić information content (AvgIpc) is 3.17.